The van der Waals surface area contributed by atoms with Crippen LogP contribution in [-0.2, 0) is 0 Å². The lowest BCUT2D eigenvalue weighted by atomic mass is 9.98. The van der Waals surface area contributed by atoms with Crippen LogP contribution >= 0.6 is 11.6 Å². The van der Waals surface area contributed by atoms with E-state index in [0.29, 0.717) is 10.8 Å². The molecule has 1 aromatic heterocycles. The summed E-state index contributed by atoms with van der Waals surface area (Å²) in [6, 6.07) is 13.4. The molecule has 0 aliphatic rings. The van der Waals surface area contributed by atoms with Crippen LogP contribution in [0.1, 0.15) is 17.4 Å². The Kier molecular flexibility index (Phi) is 3.37. The van der Waals surface area contributed by atoms with Gasteiger partial charge in [0.15, 0.2) is 0 Å². The van der Waals surface area contributed by atoms with Gasteiger partial charge < -0.3 is 10.2 Å². The standard InChI is InChI=1S/C15H11ClN2O3/c16-12-6-5-11(9-3-1-2-4-10(9)12)15(17)13-7-8-14(21-13)18(19)20/h1-8,15H,17H2. The first-order chi connectivity index (χ1) is 10.1. The molecule has 0 saturated heterocycles. The van der Waals surface area contributed by atoms with Crippen molar-refractivity contribution in [2.45, 2.75) is 6.04 Å². The summed E-state index contributed by atoms with van der Waals surface area (Å²) in [6.45, 7) is 0. The molecule has 1 heterocycles. The molecule has 106 valence electrons. The Balaban J connectivity index is 2.11. The fourth-order valence-electron chi connectivity index (χ4n) is 2.32. The lowest BCUT2D eigenvalue weighted by molar-refractivity contribution is -0.402. The molecule has 2 N–H and O–H groups in total. The first-order valence-electron chi connectivity index (χ1n) is 6.25. The molecule has 1 atom stereocenters. The van der Waals surface area contributed by atoms with Crippen LogP contribution in [0, 0.1) is 10.1 Å². The van der Waals surface area contributed by atoms with Crippen molar-refractivity contribution in [3.63, 3.8) is 0 Å². The molecular weight excluding hydrogens is 292 g/mol. The van der Waals surface area contributed by atoms with E-state index in [4.69, 9.17) is 21.8 Å². The summed E-state index contributed by atoms with van der Waals surface area (Å²) in [4.78, 5) is 10.1. The maximum absolute atomic E-state index is 10.7. The fraction of sp³-hybridized carbons (Fsp3) is 0.0667. The average Bonchev–Trinajstić information content (AvgIpc) is 2.97. The van der Waals surface area contributed by atoms with Crippen LogP contribution in [-0.4, -0.2) is 4.92 Å². The highest BCUT2D eigenvalue weighted by atomic mass is 35.5. The van der Waals surface area contributed by atoms with Gasteiger partial charge >= 0.3 is 5.88 Å². The molecule has 0 aliphatic carbocycles. The van der Waals surface area contributed by atoms with Crippen molar-refractivity contribution < 1.29 is 9.34 Å². The Morgan fingerprint density at radius 2 is 1.81 bits per heavy atom. The van der Waals surface area contributed by atoms with E-state index < -0.39 is 11.0 Å². The number of benzene rings is 2. The predicted molar refractivity (Wildman–Crippen MR) is 80.4 cm³/mol. The van der Waals surface area contributed by atoms with Crippen molar-refractivity contribution >= 4 is 28.3 Å². The lowest BCUT2D eigenvalue weighted by Gasteiger charge is -2.13. The number of rotatable bonds is 3. The molecule has 0 bridgehead atoms. The quantitative estimate of drug-likeness (QED) is 0.584. The molecule has 3 aromatic rings. The summed E-state index contributed by atoms with van der Waals surface area (Å²) >= 11 is 6.17. The van der Waals surface area contributed by atoms with E-state index in [1.54, 1.807) is 6.07 Å². The average molecular weight is 303 g/mol. The van der Waals surface area contributed by atoms with Gasteiger partial charge in [-0.15, -0.1) is 0 Å². The van der Waals surface area contributed by atoms with Gasteiger partial charge in [-0.1, -0.05) is 41.9 Å². The van der Waals surface area contributed by atoms with E-state index in [-0.39, 0.29) is 5.88 Å². The highest BCUT2D eigenvalue weighted by Gasteiger charge is 2.20. The number of fused-ring (bicyclic) bond motifs is 1. The summed E-state index contributed by atoms with van der Waals surface area (Å²) in [5.41, 5.74) is 6.99. The topological polar surface area (TPSA) is 82.3 Å². The van der Waals surface area contributed by atoms with Gasteiger partial charge in [0.2, 0.25) is 0 Å². The number of halogens is 1. The molecule has 0 radical (unpaired) electrons. The van der Waals surface area contributed by atoms with Crippen LogP contribution in [0.15, 0.2) is 52.9 Å². The van der Waals surface area contributed by atoms with Gasteiger partial charge in [0.05, 0.1) is 12.1 Å². The highest BCUT2D eigenvalue weighted by Crippen LogP contribution is 2.33. The largest absolute Gasteiger partial charge is 0.433 e. The number of nitro groups is 1. The number of hydrogen-bond donors (Lipinski definition) is 1. The molecule has 1 unspecified atom stereocenters. The third kappa shape index (κ3) is 2.37. The number of nitrogens with zero attached hydrogens (tertiary/aromatic N) is 1. The van der Waals surface area contributed by atoms with Crippen molar-refractivity contribution in [3.05, 3.63) is 75.0 Å². The molecule has 0 spiro atoms. The minimum absolute atomic E-state index is 0.321. The minimum Gasteiger partial charge on any atom is -0.404 e. The summed E-state index contributed by atoms with van der Waals surface area (Å²) in [7, 11) is 0. The van der Waals surface area contributed by atoms with Crippen LogP contribution in [0.5, 0.6) is 0 Å². The SMILES string of the molecule is NC(c1ccc([N+](=O)[O-])o1)c1ccc(Cl)c2ccccc12. The molecule has 21 heavy (non-hydrogen) atoms. The van der Waals surface area contributed by atoms with E-state index in [2.05, 4.69) is 0 Å². The van der Waals surface area contributed by atoms with Gasteiger partial charge in [-0.2, -0.15) is 0 Å². The van der Waals surface area contributed by atoms with E-state index >= 15 is 0 Å². The Labute approximate surface area is 125 Å². The zero-order valence-electron chi connectivity index (χ0n) is 10.8. The van der Waals surface area contributed by atoms with Gasteiger partial charge in [0, 0.05) is 10.4 Å². The highest BCUT2D eigenvalue weighted by molar-refractivity contribution is 6.35. The Bertz CT molecular complexity index is 829. The van der Waals surface area contributed by atoms with Crippen LogP contribution in [0.25, 0.3) is 10.8 Å². The summed E-state index contributed by atoms with van der Waals surface area (Å²) in [5, 5.41) is 13.1. The Hall–Kier alpha value is -2.37. The number of hydrogen-bond acceptors (Lipinski definition) is 4. The van der Waals surface area contributed by atoms with Crippen LogP contribution in [0.2, 0.25) is 5.02 Å². The van der Waals surface area contributed by atoms with Crippen molar-refractivity contribution in [1.29, 1.82) is 0 Å². The van der Waals surface area contributed by atoms with Gasteiger partial charge in [-0.25, -0.2) is 0 Å². The minimum atomic E-state index is -0.596. The second-order valence-corrected chi connectivity index (χ2v) is 5.00. The molecule has 5 nitrogen and oxygen atoms in total. The third-order valence-corrected chi connectivity index (χ3v) is 3.67. The second kappa shape index (κ2) is 5.20. The van der Waals surface area contributed by atoms with Gasteiger partial charge in [-0.3, -0.25) is 10.1 Å². The Morgan fingerprint density at radius 1 is 1.10 bits per heavy atom. The summed E-state index contributed by atoms with van der Waals surface area (Å²) in [5.74, 6) is 0.0212. The van der Waals surface area contributed by atoms with E-state index in [0.717, 1.165) is 16.3 Å². The first-order valence-corrected chi connectivity index (χ1v) is 6.62. The zero-order valence-corrected chi connectivity index (χ0v) is 11.6. The van der Waals surface area contributed by atoms with E-state index in [1.165, 1.54) is 12.1 Å². The van der Waals surface area contributed by atoms with Crippen LogP contribution in [0.3, 0.4) is 0 Å². The molecule has 6 heteroatoms. The van der Waals surface area contributed by atoms with Gasteiger partial charge in [0.25, 0.3) is 0 Å². The lowest BCUT2D eigenvalue weighted by Crippen LogP contribution is -2.11. The molecule has 0 fully saturated rings. The fourth-order valence-corrected chi connectivity index (χ4v) is 2.55. The van der Waals surface area contributed by atoms with Crippen molar-refractivity contribution in [2.24, 2.45) is 5.73 Å². The van der Waals surface area contributed by atoms with Crippen molar-refractivity contribution in [2.75, 3.05) is 0 Å². The smallest absolute Gasteiger partial charge is 0.404 e. The maximum atomic E-state index is 10.7. The molecule has 0 aliphatic heterocycles. The van der Waals surface area contributed by atoms with Gasteiger partial charge in [-0.05, 0) is 23.1 Å². The molecule has 0 amide bonds. The molecule has 3 rings (SSSR count). The van der Waals surface area contributed by atoms with Crippen molar-refractivity contribution in [1.82, 2.24) is 0 Å². The zero-order chi connectivity index (χ0) is 15.0. The second-order valence-electron chi connectivity index (χ2n) is 4.59. The normalized spacial score (nSPS) is 12.5. The monoisotopic (exact) mass is 302 g/mol. The third-order valence-electron chi connectivity index (χ3n) is 3.34. The summed E-state index contributed by atoms with van der Waals surface area (Å²) in [6.07, 6.45) is 0. The van der Waals surface area contributed by atoms with E-state index in [1.807, 2.05) is 30.3 Å². The van der Waals surface area contributed by atoms with Crippen molar-refractivity contribution in [3.8, 4) is 0 Å². The van der Waals surface area contributed by atoms with E-state index in [9.17, 15) is 10.1 Å². The maximum Gasteiger partial charge on any atom is 0.433 e. The number of nitrogens with two attached hydrogens (primary N) is 1. The van der Waals surface area contributed by atoms with Gasteiger partial charge in [0.1, 0.15) is 10.7 Å². The van der Waals surface area contributed by atoms with Crippen LogP contribution in [0.4, 0.5) is 5.88 Å². The first kappa shape index (κ1) is 13.6. The number of furan rings is 1. The molecule has 2 aromatic carbocycles. The molecule has 0 saturated carbocycles. The summed E-state index contributed by atoms with van der Waals surface area (Å²) < 4.78 is 5.18. The van der Waals surface area contributed by atoms with Crippen LogP contribution < -0.4 is 5.73 Å². The predicted octanol–water partition coefficient (Wildman–Crippen LogP) is 4.04. The molecular formula is C15H11ClN2O3. The Morgan fingerprint density at radius 3 is 2.48 bits per heavy atom.